The molecule has 0 fully saturated rings. The third-order valence-electron chi connectivity index (χ3n) is 5.36. The Morgan fingerprint density at radius 1 is 1.00 bits per heavy atom. The Hall–Kier alpha value is -2.62. The molecule has 0 unspecified atom stereocenters. The number of aromatic amines is 1. The summed E-state index contributed by atoms with van der Waals surface area (Å²) in [5.41, 5.74) is 8.31. The molecule has 2 aromatic heterocycles. The van der Waals surface area contributed by atoms with Crippen molar-refractivity contribution in [2.45, 2.75) is 73.5 Å². The van der Waals surface area contributed by atoms with Crippen LogP contribution in [0.4, 0.5) is 0 Å². The summed E-state index contributed by atoms with van der Waals surface area (Å²) in [6.45, 7) is 13.8. The second kappa shape index (κ2) is 9.25. The molecular formula is C25H34N3O+. The van der Waals surface area contributed by atoms with E-state index in [-0.39, 0.29) is 6.10 Å². The van der Waals surface area contributed by atoms with Gasteiger partial charge in [-0.15, -0.1) is 4.68 Å². The van der Waals surface area contributed by atoms with Gasteiger partial charge in [-0.2, -0.15) is 5.10 Å². The zero-order valence-electron chi connectivity index (χ0n) is 18.7. The first kappa shape index (κ1) is 21.1. The topological polar surface area (TPSA) is 41.8 Å². The molecule has 0 atom stereocenters. The highest BCUT2D eigenvalue weighted by Crippen LogP contribution is 2.36. The summed E-state index contributed by atoms with van der Waals surface area (Å²) in [4.78, 5) is 4.91. The fraction of sp³-hybridized carbons (Fsp3) is 0.440. The Balaban J connectivity index is 2.20. The van der Waals surface area contributed by atoms with E-state index in [0.717, 1.165) is 48.5 Å². The van der Waals surface area contributed by atoms with E-state index in [1.54, 1.807) is 0 Å². The molecule has 2 heterocycles. The van der Waals surface area contributed by atoms with E-state index in [9.17, 15) is 0 Å². The van der Waals surface area contributed by atoms with Gasteiger partial charge in [-0.25, -0.2) is 0 Å². The highest BCUT2D eigenvalue weighted by Gasteiger charge is 2.21. The number of nitrogens with one attached hydrogen (secondary N) is 1. The molecule has 0 aliphatic rings. The van der Waals surface area contributed by atoms with Crippen LogP contribution in [-0.4, -0.2) is 16.2 Å². The Bertz CT molecular complexity index is 950. The summed E-state index contributed by atoms with van der Waals surface area (Å²) in [6.07, 6.45) is 7.18. The van der Waals surface area contributed by atoms with Crippen LogP contribution in [0.25, 0.3) is 22.5 Å². The highest BCUT2D eigenvalue weighted by atomic mass is 16.5. The van der Waals surface area contributed by atoms with Gasteiger partial charge >= 0.3 is 0 Å². The first-order valence-electron chi connectivity index (χ1n) is 10.9. The molecule has 4 heteroatoms. The van der Waals surface area contributed by atoms with Gasteiger partial charge in [0.2, 0.25) is 0 Å². The van der Waals surface area contributed by atoms with Crippen molar-refractivity contribution in [3.8, 4) is 28.3 Å². The molecule has 0 aliphatic carbocycles. The van der Waals surface area contributed by atoms with Crippen LogP contribution in [-0.2, 0) is 25.8 Å². The molecule has 0 spiro atoms. The average molecular weight is 393 g/mol. The molecule has 0 bridgehead atoms. The minimum absolute atomic E-state index is 0.0920. The van der Waals surface area contributed by atoms with E-state index in [0.29, 0.717) is 0 Å². The molecule has 0 saturated carbocycles. The maximum absolute atomic E-state index is 6.28. The maximum Gasteiger partial charge on any atom is 0.199 e. The van der Waals surface area contributed by atoms with Crippen LogP contribution in [0.2, 0.25) is 0 Å². The van der Waals surface area contributed by atoms with Crippen LogP contribution < -0.4 is 9.42 Å². The zero-order chi connectivity index (χ0) is 21.0. The molecular weight excluding hydrogens is 358 g/mol. The van der Waals surface area contributed by atoms with Crippen LogP contribution in [0.3, 0.4) is 0 Å². The van der Waals surface area contributed by atoms with Gasteiger partial charge < -0.3 is 4.74 Å². The van der Waals surface area contributed by atoms with Gasteiger partial charge in [-0.3, -0.25) is 4.98 Å². The van der Waals surface area contributed by atoms with Crippen LogP contribution in [0.5, 0.6) is 5.75 Å². The van der Waals surface area contributed by atoms with Crippen molar-refractivity contribution in [1.82, 2.24) is 10.1 Å². The molecule has 1 aromatic carbocycles. The lowest BCUT2D eigenvalue weighted by atomic mass is 9.94. The Morgan fingerprint density at radius 2 is 1.66 bits per heavy atom. The SMILES string of the molecule is CCc1c[n+](CC)[nH]c1-c1cnc(-c2c(CC)cccc2CC)cc1OC(C)C. The van der Waals surface area contributed by atoms with Crippen molar-refractivity contribution in [2.24, 2.45) is 0 Å². The van der Waals surface area contributed by atoms with E-state index in [2.05, 4.69) is 81.8 Å². The van der Waals surface area contributed by atoms with Crippen LogP contribution in [0.15, 0.2) is 36.7 Å². The minimum Gasteiger partial charge on any atom is -0.490 e. The number of H-pyrrole nitrogens is 1. The van der Waals surface area contributed by atoms with Gasteiger partial charge in [0, 0.05) is 23.4 Å². The standard InChI is InChI=1S/C25H33N3O/c1-7-18-12-11-13-19(8-2)24(18)22-14-23(29-17(5)6)21(15-26-22)25-20(9-3)16-28(10-4)27-25/h11-17H,7-10H2,1-6H3/p+1. The largest absolute Gasteiger partial charge is 0.490 e. The molecule has 0 saturated heterocycles. The molecule has 3 aromatic rings. The van der Waals surface area contributed by atoms with Crippen LogP contribution >= 0.6 is 0 Å². The van der Waals surface area contributed by atoms with Crippen molar-refractivity contribution in [1.29, 1.82) is 0 Å². The van der Waals surface area contributed by atoms with E-state index in [1.807, 2.05) is 6.20 Å². The number of nitrogens with zero attached hydrogens (tertiary/aromatic N) is 2. The van der Waals surface area contributed by atoms with Crippen molar-refractivity contribution >= 4 is 0 Å². The molecule has 4 nitrogen and oxygen atoms in total. The second-order valence-corrected chi connectivity index (χ2v) is 7.67. The fourth-order valence-corrected chi connectivity index (χ4v) is 3.86. The number of hydrogen-bond donors (Lipinski definition) is 1. The summed E-state index contributed by atoms with van der Waals surface area (Å²) in [5.74, 6) is 0.887. The van der Waals surface area contributed by atoms with Gasteiger partial charge in [0.1, 0.15) is 11.4 Å². The first-order chi connectivity index (χ1) is 14.0. The predicted octanol–water partition coefficient (Wildman–Crippen LogP) is 5.53. The van der Waals surface area contributed by atoms with Gasteiger partial charge in [0.05, 0.1) is 17.4 Å². The van der Waals surface area contributed by atoms with E-state index >= 15 is 0 Å². The molecule has 1 N–H and O–H groups in total. The second-order valence-electron chi connectivity index (χ2n) is 7.67. The van der Waals surface area contributed by atoms with E-state index in [1.165, 1.54) is 22.3 Å². The molecule has 0 amide bonds. The van der Waals surface area contributed by atoms with Crippen LogP contribution in [0, 0.1) is 0 Å². The third-order valence-corrected chi connectivity index (χ3v) is 5.36. The lowest BCUT2D eigenvalue weighted by Crippen LogP contribution is -2.33. The molecule has 29 heavy (non-hydrogen) atoms. The van der Waals surface area contributed by atoms with Crippen molar-refractivity contribution in [3.63, 3.8) is 0 Å². The minimum atomic E-state index is 0.0920. The number of aromatic nitrogens is 3. The van der Waals surface area contributed by atoms with Crippen molar-refractivity contribution in [2.75, 3.05) is 0 Å². The number of aryl methyl sites for hydroxylation is 4. The smallest absolute Gasteiger partial charge is 0.199 e. The van der Waals surface area contributed by atoms with Gasteiger partial charge in [-0.1, -0.05) is 39.0 Å². The summed E-state index contributed by atoms with van der Waals surface area (Å²) in [5, 5.41) is 3.51. The summed E-state index contributed by atoms with van der Waals surface area (Å²) in [6, 6.07) is 8.69. The highest BCUT2D eigenvalue weighted by molar-refractivity contribution is 5.75. The van der Waals surface area contributed by atoms with E-state index in [4.69, 9.17) is 9.72 Å². The lowest BCUT2D eigenvalue weighted by molar-refractivity contribution is -0.746. The number of pyridine rings is 1. The van der Waals surface area contributed by atoms with Crippen molar-refractivity contribution in [3.05, 3.63) is 53.3 Å². The number of rotatable bonds is 8. The van der Waals surface area contributed by atoms with Crippen LogP contribution in [0.1, 0.15) is 58.2 Å². The zero-order valence-corrected chi connectivity index (χ0v) is 18.7. The Labute approximate surface area is 175 Å². The Kier molecular flexibility index (Phi) is 6.73. The molecule has 0 aliphatic heterocycles. The predicted molar refractivity (Wildman–Crippen MR) is 119 cm³/mol. The first-order valence-corrected chi connectivity index (χ1v) is 10.9. The number of hydrogen-bond acceptors (Lipinski definition) is 2. The maximum atomic E-state index is 6.28. The number of ether oxygens (including phenoxy) is 1. The average Bonchev–Trinajstić information content (AvgIpc) is 3.15. The monoisotopic (exact) mass is 392 g/mol. The van der Waals surface area contributed by atoms with Crippen molar-refractivity contribution < 1.29 is 9.42 Å². The fourth-order valence-electron chi connectivity index (χ4n) is 3.86. The molecule has 3 rings (SSSR count). The van der Waals surface area contributed by atoms with Gasteiger partial charge in [-0.05, 0) is 51.2 Å². The number of benzene rings is 1. The van der Waals surface area contributed by atoms with Gasteiger partial charge in [0.25, 0.3) is 0 Å². The summed E-state index contributed by atoms with van der Waals surface area (Å²) in [7, 11) is 0. The van der Waals surface area contributed by atoms with E-state index < -0.39 is 0 Å². The Morgan fingerprint density at radius 3 is 2.21 bits per heavy atom. The quantitative estimate of drug-likeness (QED) is 0.513. The lowest BCUT2D eigenvalue weighted by Gasteiger charge is -2.17. The van der Waals surface area contributed by atoms with Gasteiger partial charge in [0.15, 0.2) is 12.7 Å². The normalized spacial score (nSPS) is 11.3. The summed E-state index contributed by atoms with van der Waals surface area (Å²) < 4.78 is 8.40. The molecule has 154 valence electrons. The molecule has 0 radical (unpaired) electrons. The third kappa shape index (κ3) is 4.36. The summed E-state index contributed by atoms with van der Waals surface area (Å²) >= 11 is 0.